The number of hydrogen-bond acceptors (Lipinski definition) is 4. The largest absolute Gasteiger partial charge is 0.391 e. The summed E-state index contributed by atoms with van der Waals surface area (Å²) in [6.07, 6.45) is 1.44. The summed E-state index contributed by atoms with van der Waals surface area (Å²) in [6, 6.07) is -0.639. The van der Waals surface area contributed by atoms with Crippen LogP contribution in [-0.4, -0.2) is 53.6 Å². The van der Waals surface area contributed by atoms with E-state index in [1.807, 2.05) is 0 Å². The number of β-amino-alcohol motifs (C(OH)–C–C–N with tert-alkyl or cyclic N) is 1. The van der Waals surface area contributed by atoms with Crippen molar-refractivity contribution >= 4 is 11.8 Å². The van der Waals surface area contributed by atoms with Crippen LogP contribution in [0.15, 0.2) is 0 Å². The van der Waals surface area contributed by atoms with Gasteiger partial charge >= 0.3 is 0 Å². The average Bonchev–Trinajstić information content (AvgIpc) is 2.72. The van der Waals surface area contributed by atoms with Gasteiger partial charge in [-0.2, -0.15) is 0 Å². The van der Waals surface area contributed by atoms with Gasteiger partial charge < -0.3 is 21.1 Å². The summed E-state index contributed by atoms with van der Waals surface area (Å²) in [7, 11) is 0. The first-order chi connectivity index (χ1) is 8.09. The number of aliphatic hydroxyl groups excluding tert-OH is 1. The van der Waals surface area contributed by atoms with Crippen LogP contribution >= 0.6 is 0 Å². The van der Waals surface area contributed by atoms with Crippen molar-refractivity contribution in [1.82, 2.24) is 10.2 Å². The molecule has 2 saturated heterocycles. The molecule has 0 aliphatic carbocycles. The van der Waals surface area contributed by atoms with Crippen LogP contribution in [0.3, 0.4) is 0 Å². The Bertz CT molecular complexity index is 315. The Kier molecular flexibility index (Phi) is 3.63. The van der Waals surface area contributed by atoms with Gasteiger partial charge in [0.05, 0.1) is 12.0 Å². The molecule has 0 bridgehead atoms. The number of nitrogens with one attached hydrogen (secondary N) is 1. The Labute approximate surface area is 100 Å². The average molecular weight is 241 g/mol. The van der Waals surface area contributed by atoms with E-state index < -0.39 is 18.1 Å². The van der Waals surface area contributed by atoms with E-state index in [-0.39, 0.29) is 24.8 Å². The van der Waals surface area contributed by atoms with Crippen molar-refractivity contribution in [3.8, 4) is 0 Å². The highest BCUT2D eigenvalue weighted by molar-refractivity contribution is 5.88. The van der Waals surface area contributed by atoms with Crippen LogP contribution in [0.25, 0.3) is 0 Å². The van der Waals surface area contributed by atoms with Gasteiger partial charge in [0, 0.05) is 19.5 Å². The van der Waals surface area contributed by atoms with E-state index in [1.165, 1.54) is 4.90 Å². The molecule has 0 aromatic heterocycles. The Morgan fingerprint density at radius 1 is 1.41 bits per heavy atom. The lowest BCUT2D eigenvalue weighted by molar-refractivity contribution is -0.141. The van der Waals surface area contributed by atoms with Crippen molar-refractivity contribution in [2.75, 3.05) is 19.6 Å². The molecule has 2 fully saturated rings. The van der Waals surface area contributed by atoms with E-state index in [9.17, 15) is 14.7 Å². The van der Waals surface area contributed by atoms with E-state index in [1.54, 1.807) is 0 Å². The maximum Gasteiger partial charge on any atom is 0.240 e. The van der Waals surface area contributed by atoms with E-state index >= 15 is 0 Å². The van der Waals surface area contributed by atoms with Crippen LogP contribution in [0.5, 0.6) is 0 Å². The van der Waals surface area contributed by atoms with Gasteiger partial charge in [0.25, 0.3) is 0 Å². The van der Waals surface area contributed by atoms with Crippen molar-refractivity contribution in [3.63, 3.8) is 0 Å². The summed E-state index contributed by atoms with van der Waals surface area (Å²) in [4.78, 5) is 24.9. The molecule has 2 unspecified atom stereocenters. The molecule has 0 saturated carbocycles. The standard InChI is InChI=1S/C11H19N3O3/c12-10(16)9-4-8(15)6-14(9)11(17)7-2-1-3-13-5-7/h7-9,13,15H,1-6H2,(H2,12,16)/t7-,8?,9?/m0/s1. The molecular formula is C11H19N3O3. The number of nitrogens with two attached hydrogens (primary N) is 1. The van der Waals surface area contributed by atoms with Gasteiger partial charge in [-0.15, -0.1) is 0 Å². The number of likely N-dealkylation sites (tertiary alicyclic amines) is 1. The van der Waals surface area contributed by atoms with E-state index in [2.05, 4.69) is 5.32 Å². The quantitative estimate of drug-likeness (QED) is 0.544. The normalized spacial score (nSPS) is 33.7. The number of aliphatic hydroxyl groups is 1. The van der Waals surface area contributed by atoms with Crippen molar-refractivity contribution < 1.29 is 14.7 Å². The monoisotopic (exact) mass is 241 g/mol. The third kappa shape index (κ3) is 2.58. The first kappa shape index (κ1) is 12.3. The fraction of sp³-hybridized carbons (Fsp3) is 0.818. The van der Waals surface area contributed by atoms with Crippen LogP contribution in [0.1, 0.15) is 19.3 Å². The minimum Gasteiger partial charge on any atom is -0.391 e. The predicted octanol–water partition coefficient (Wildman–Crippen LogP) is -1.57. The van der Waals surface area contributed by atoms with Crippen LogP contribution in [-0.2, 0) is 9.59 Å². The van der Waals surface area contributed by atoms with E-state index in [0.717, 1.165) is 19.4 Å². The Morgan fingerprint density at radius 3 is 2.76 bits per heavy atom. The number of hydrogen-bond donors (Lipinski definition) is 3. The fourth-order valence-electron chi connectivity index (χ4n) is 2.62. The minimum atomic E-state index is -0.639. The van der Waals surface area contributed by atoms with Crippen LogP contribution in [0.2, 0.25) is 0 Å². The lowest BCUT2D eigenvalue weighted by Crippen LogP contribution is -2.49. The number of nitrogens with zero attached hydrogens (tertiary/aromatic N) is 1. The summed E-state index contributed by atoms with van der Waals surface area (Å²) in [5.41, 5.74) is 5.26. The zero-order valence-electron chi connectivity index (χ0n) is 9.76. The Hall–Kier alpha value is -1.14. The molecule has 2 rings (SSSR count). The molecule has 6 heteroatoms. The lowest BCUT2D eigenvalue weighted by Gasteiger charge is -2.29. The SMILES string of the molecule is NC(=O)C1CC(O)CN1C(=O)[C@H]1CCCNC1. The highest BCUT2D eigenvalue weighted by atomic mass is 16.3. The summed E-state index contributed by atoms with van der Waals surface area (Å²) in [5.74, 6) is -0.674. The van der Waals surface area contributed by atoms with Crippen molar-refractivity contribution in [3.05, 3.63) is 0 Å². The molecule has 6 nitrogen and oxygen atoms in total. The molecular weight excluding hydrogens is 222 g/mol. The van der Waals surface area contributed by atoms with Gasteiger partial charge in [0.1, 0.15) is 6.04 Å². The smallest absolute Gasteiger partial charge is 0.240 e. The maximum atomic E-state index is 12.2. The van der Waals surface area contributed by atoms with Gasteiger partial charge in [0.2, 0.25) is 11.8 Å². The zero-order valence-corrected chi connectivity index (χ0v) is 9.76. The number of carbonyl (C=O) groups is 2. The summed E-state index contributed by atoms with van der Waals surface area (Å²) in [6.45, 7) is 1.81. The Morgan fingerprint density at radius 2 is 2.18 bits per heavy atom. The van der Waals surface area contributed by atoms with Crippen LogP contribution in [0, 0.1) is 5.92 Å². The summed E-state index contributed by atoms with van der Waals surface area (Å²) < 4.78 is 0. The fourth-order valence-corrected chi connectivity index (χ4v) is 2.62. The molecule has 0 aromatic carbocycles. The first-order valence-corrected chi connectivity index (χ1v) is 6.08. The summed E-state index contributed by atoms with van der Waals surface area (Å²) in [5, 5.41) is 12.7. The number of amides is 2. The van der Waals surface area contributed by atoms with Crippen LogP contribution < -0.4 is 11.1 Å². The van der Waals surface area contributed by atoms with Gasteiger partial charge in [-0.1, -0.05) is 0 Å². The molecule has 2 aliphatic heterocycles. The third-order valence-electron chi connectivity index (χ3n) is 3.54. The van der Waals surface area contributed by atoms with Gasteiger partial charge in [-0.25, -0.2) is 0 Å². The lowest BCUT2D eigenvalue weighted by atomic mass is 9.98. The van der Waals surface area contributed by atoms with Crippen molar-refractivity contribution in [1.29, 1.82) is 0 Å². The zero-order chi connectivity index (χ0) is 12.4. The van der Waals surface area contributed by atoms with E-state index in [4.69, 9.17) is 5.73 Å². The highest BCUT2D eigenvalue weighted by Crippen LogP contribution is 2.22. The van der Waals surface area contributed by atoms with Crippen molar-refractivity contribution in [2.24, 2.45) is 11.7 Å². The number of primary amides is 1. The van der Waals surface area contributed by atoms with Crippen molar-refractivity contribution in [2.45, 2.75) is 31.4 Å². The topological polar surface area (TPSA) is 95.7 Å². The number of piperidine rings is 1. The van der Waals surface area contributed by atoms with Gasteiger partial charge in [0.15, 0.2) is 0 Å². The van der Waals surface area contributed by atoms with Crippen LogP contribution in [0.4, 0.5) is 0 Å². The predicted molar refractivity (Wildman–Crippen MR) is 60.9 cm³/mol. The molecule has 2 heterocycles. The molecule has 0 spiro atoms. The number of carbonyl (C=O) groups excluding carboxylic acids is 2. The minimum absolute atomic E-state index is 0.0578. The van der Waals surface area contributed by atoms with Gasteiger partial charge in [-0.3, -0.25) is 9.59 Å². The molecule has 96 valence electrons. The number of rotatable bonds is 2. The maximum absolute atomic E-state index is 12.2. The molecule has 0 aromatic rings. The second-order valence-electron chi connectivity index (χ2n) is 4.84. The first-order valence-electron chi connectivity index (χ1n) is 6.08. The summed E-state index contributed by atoms with van der Waals surface area (Å²) >= 11 is 0. The molecule has 0 radical (unpaired) electrons. The third-order valence-corrected chi connectivity index (χ3v) is 3.54. The molecule has 3 atom stereocenters. The molecule has 17 heavy (non-hydrogen) atoms. The highest BCUT2D eigenvalue weighted by Gasteiger charge is 2.40. The molecule has 4 N–H and O–H groups in total. The second kappa shape index (κ2) is 5.01. The molecule has 2 aliphatic rings. The second-order valence-corrected chi connectivity index (χ2v) is 4.84. The van der Waals surface area contributed by atoms with E-state index in [0.29, 0.717) is 6.54 Å². The Balaban J connectivity index is 2.04. The van der Waals surface area contributed by atoms with Gasteiger partial charge in [-0.05, 0) is 19.4 Å². The molecule has 2 amide bonds.